The molecule has 0 radical (unpaired) electrons. The largest absolute Gasteiger partial charge is 0.464 e. The van der Waals surface area contributed by atoms with Gasteiger partial charge in [-0.3, -0.25) is 0 Å². The number of fused-ring (bicyclic) bond motifs is 1. The van der Waals surface area contributed by atoms with Crippen molar-refractivity contribution >= 4 is 11.8 Å². The summed E-state index contributed by atoms with van der Waals surface area (Å²) in [5.41, 5.74) is 3.89. The second-order valence-electron chi connectivity index (χ2n) is 5.31. The Morgan fingerprint density at radius 1 is 1.43 bits per heavy atom. The molecule has 1 aliphatic rings. The lowest BCUT2D eigenvalue weighted by atomic mass is 9.96. The number of nitrogens with zero attached hydrogens (tertiary/aromatic N) is 3. The molecule has 1 atom stereocenters. The number of esters is 1. The van der Waals surface area contributed by atoms with Crippen LogP contribution in [0.3, 0.4) is 0 Å². The standard InChI is InChI=1S/C15H18N4O2/c1-9-4-5-10(2)11(8-9)12-6-7-16-14-13(15(20)21-3)17-18-19(12)14/h4-5,8,12,16H,6-7H2,1-3H3. The first-order valence-corrected chi connectivity index (χ1v) is 6.96. The van der Waals surface area contributed by atoms with E-state index in [1.165, 1.54) is 23.8 Å². The van der Waals surface area contributed by atoms with Gasteiger partial charge in [0.05, 0.1) is 13.2 Å². The predicted octanol–water partition coefficient (Wildman–Crippen LogP) is 2.09. The molecule has 0 spiro atoms. The summed E-state index contributed by atoms with van der Waals surface area (Å²) >= 11 is 0. The zero-order valence-corrected chi connectivity index (χ0v) is 12.4. The lowest BCUT2D eigenvalue weighted by Crippen LogP contribution is -2.26. The molecule has 0 aliphatic carbocycles. The minimum absolute atomic E-state index is 0.0899. The van der Waals surface area contributed by atoms with Crippen molar-refractivity contribution in [2.45, 2.75) is 26.3 Å². The summed E-state index contributed by atoms with van der Waals surface area (Å²) < 4.78 is 6.54. The quantitative estimate of drug-likeness (QED) is 0.856. The van der Waals surface area contributed by atoms with Crippen molar-refractivity contribution in [3.05, 3.63) is 40.6 Å². The van der Waals surface area contributed by atoms with Crippen LogP contribution in [0.15, 0.2) is 18.2 Å². The minimum Gasteiger partial charge on any atom is -0.464 e. The summed E-state index contributed by atoms with van der Waals surface area (Å²) in [6.07, 6.45) is 0.904. The van der Waals surface area contributed by atoms with Crippen LogP contribution in [0.25, 0.3) is 0 Å². The molecule has 1 unspecified atom stereocenters. The Balaban J connectivity index is 2.07. The van der Waals surface area contributed by atoms with E-state index >= 15 is 0 Å². The van der Waals surface area contributed by atoms with E-state index in [1.54, 1.807) is 4.68 Å². The zero-order valence-electron chi connectivity index (χ0n) is 12.4. The van der Waals surface area contributed by atoms with E-state index in [0.29, 0.717) is 5.82 Å². The highest BCUT2D eigenvalue weighted by Crippen LogP contribution is 2.32. The number of aryl methyl sites for hydroxylation is 2. The molecule has 2 aromatic rings. The molecule has 1 aromatic carbocycles. The minimum atomic E-state index is -0.467. The molecule has 0 fully saturated rings. The van der Waals surface area contributed by atoms with Crippen LogP contribution < -0.4 is 5.32 Å². The third kappa shape index (κ3) is 2.26. The predicted molar refractivity (Wildman–Crippen MR) is 78.5 cm³/mol. The Bertz CT molecular complexity index is 693. The van der Waals surface area contributed by atoms with E-state index in [1.807, 2.05) is 0 Å². The van der Waals surface area contributed by atoms with Crippen LogP contribution in [-0.4, -0.2) is 34.6 Å². The number of nitrogens with one attached hydrogen (secondary N) is 1. The second-order valence-corrected chi connectivity index (χ2v) is 5.31. The van der Waals surface area contributed by atoms with Crippen LogP contribution >= 0.6 is 0 Å². The normalized spacial score (nSPS) is 17.0. The maximum atomic E-state index is 11.7. The van der Waals surface area contributed by atoms with Crippen molar-refractivity contribution in [1.29, 1.82) is 0 Å². The summed E-state index contributed by atoms with van der Waals surface area (Å²) in [6.45, 7) is 4.94. The molecule has 0 saturated carbocycles. The summed E-state index contributed by atoms with van der Waals surface area (Å²) in [4.78, 5) is 11.7. The fraction of sp³-hybridized carbons (Fsp3) is 0.400. The number of carbonyl (C=O) groups is 1. The number of ether oxygens (including phenoxy) is 1. The van der Waals surface area contributed by atoms with Gasteiger partial charge in [0.1, 0.15) is 0 Å². The number of hydrogen-bond acceptors (Lipinski definition) is 5. The van der Waals surface area contributed by atoms with Gasteiger partial charge < -0.3 is 10.1 Å². The van der Waals surface area contributed by atoms with Gasteiger partial charge in [-0.25, -0.2) is 9.48 Å². The van der Waals surface area contributed by atoms with Crippen LogP contribution in [0.1, 0.15) is 39.6 Å². The lowest BCUT2D eigenvalue weighted by Gasteiger charge is -2.26. The Hall–Kier alpha value is -2.37. The molecule has 6 heteroatoms. The molecule has 0 amide bonds. The highest BCUT2D eigenvalue weighted by molar-refractivity contribution is 5.92. The Kier molecular flexibility index (Phi) is 3.37. The fourth-order valence-electron chi connectivity index (χ4n) is 2.77. The van der Waals surface area contributed by atoms with Crippen molar-refractivity contribution in [3.63, 3.8) is 0 Å². The first-order chi connectivity index (χ1) is 10.1. The SMILES string of the molecule is COC(=O)c1nnn2c1NCCC2c1cc(C)ccc1C. The van der Waals surface area contributed by atoms with Crippen molar-refractivity contribution in [3.8, 4) is 0 Å². The van der Waals surface area contributed by atoms with Crippen molar-refractivity contribution in [1.82, 2.24) is 15.0 Å². The Morgan fingerprint density at radius 2 is 2.24 bits per heavy atom. The van der Waals surface area contributed by atoms with E-state index in [4.69, 9.17) is 4.74 Å². The number of anilines is 1. The molecule has 0 bridgehead atoms. The summed E-state index contributed by atoms with van der Waals surface area (Å²) in [6, 6.07) is 6.48. The van der Waals surface area contributed by atoms with Gasteiger partial charge in [0.15, 0.2) is 5.82 Å². The van der Waals surface area contributed by atoms with Crippen molar-refractivity contribution < 1.29 is 9.53 Å². The monoisotopic (exact) mass is 286 g/mol. The van der Waals surface area contributed by atoms with E-state index < -0.39 is 5.97 Å². The van der Waals surface area contributed by atoms with Crippen LogP contribution in [0.5, 0.6) is 0 Å². The molecule has 2 heterocycles. The third-order valence-electron chi connectivity index (χ3n) is 3.87. The number of rotatable bonds is 2. The molecule has 3 rings (SSSR count). The lowest BCUT2D eigenvalue weighted by molar-refractivity contribution is 0.0595. The molecule has 0 saturated heterocycles. The average Bonchev–Trinajstić information content (AvgIpc) is 2.93. The van der Waals surface area contributed by atoms with Gasteiger partial charge in [-0.15, -0.1) is 5.10 Å². The van der Waals surface area contributed by atoms with Crippen LogP contribution in [0, 0.1) is 13.8 Å². The molecular formula is C15H18N4O2. The smallest absolute Gasteiger partial charge is 0.362 e. The van der Waals surface area contributed by atoms with Crippen LogP contribution in [-0.2, 0) is 4.74 Å². The first kappa shape index (κ1) is 13.6. The molecular weight excluding hydrogens is 268 g/mol. The number of aromatic nitrogens is 3. The summed E-state index contributed by atoms with van der Waals surface area (Å²) in [5, 5.41) is 11.3. The van der Waals surface area contributed by atoms with E-state index in [0.717, 1.165) is 13.0 Å². The van der Waals surface area contributed by atoms with E-state index in [-0.39, 0.29) is 11.7 Å². The topological polar surface area (TPSA) is 69.0 Å². The number of hydrogen-bond donors (Lipinski definition) is 1. The van der Waals surface area contributed by atoms with E-state index in [9.17, 15) is 4.79 Å². The zero-order chi connectivity index (χ0) is 15.0. The molecule has 110 valence electrons. The van der Waals surface area contributed by atoms with Gasteiger partial charge in [-0.05, 0) is 31.4 Å². The van der Waals surface area contributed by atoms with Gasteiger partial charge in [0, 0.05) is 6.54 Å². The van der Waals surface area contributed by atoms with Crippen molar-refractivity contribution in [2.24, 2.45) is 0 Å². The van der Waals surface area contributed by atoms with Crippen LogP contribution in [0.2, 0.25) is 0 Å². The van der Waals surface area contributed by atoms with Crippen LogP contribution in [0.4, 0.5) is 5.82 Å². The first-order valence-electron chi connectivity index (χ1n) is 6.96. The number of carbonyl (C=O) groups excluding carboxylic acids is 1. The summed E-state index contributed by atoms with van der Waals surface area (Å²) in [7, 11) is 1.35. The maximum absolute atomic E-state index is 11.7. The Morgan fingerprint density at radius 3 is 3.00 bits per heavy atom. The third-order valence-corrected chi connectivity index (χ3v) is 3.87. The Labute approximate surface area is 123 Å². The second kappa shape index (κ2) is 5.20. The average molecular weight is 286 g/mol. The molecule has 1 aliphatic heterocycles. The number of methoxy groups -OCH3 is 1. The molecule has 6 nitrogen and oxygen atoms in total. The maximum Gasteiger partial charge on any atom is 0.362 e. The molecule has 1 aromatic heterocycles. The van der Waals surface area contributed by atoms with Gasteiger partial charge in [-0.1, -0.05) is 29.0 Å². The number of benzene rings is 1. The highest BCUT2D eigenvalue weighted by atomic mass is 16.5. The van der Waals surface area contributed by atoms with Gasteiger partial charge in [-0.2, -0.15) is 0 Å². The highest BCUT2D eigenvalue weighted by Gasteiger charge is 2.29. The molecule has 1 N–H and O–H groups in total. The fourth-order valence-corrected chi connectivity index (χ4v) is 2.77. The van der Waals surface area contributed by atoms with E-state index in [2.05, 4.69) is 47.7 Å². The van der Waals surface area contributed by atoms with Gasteiger partial charge in [0.2, 0.25) is 5.69 Å². The van der Waals surface area contributed by atoms with Crippen molar-refractivity contribution in [2.75, 3.05) is 19.0 Å². The van der Waals surface area contributed by atoms with Gasteiger partial charge >= 0.3 is 5.97 Å². The summed E-state index contributed by atoms with van der Waals surface area (Å²) in [5.74, 6) is 0.171. The molecule has 21 heavy (non-hydrogen) atoms. The van der Waals surface area contributed by atoms with Gasteiger partial charge in [0.25, 0.3) is 0 Å².